The van der Waals surface area contributed by atoms with Crippen LogP contribution in [0.4, 0.5) is 0 Å². The zero-order valence-corrected chi connectivity index (χ0v) is 18.4. The maximum atomic E-state index is 13.1. The second kappa shape index (κ2) is 7.41. The number of para-hydroxylation sites is 2. The molecule has 6 nitrogen and oxygen atoms in total. The van der Waals surface area contributed by atoms with Gasteiger partial charge in [-0.05, 0) is 45.2 Å². The zero-order valence-electron chi connectivity index (χ0n) is 18.4. The van der Waals surface area contributed by atoms with Crippen LogP contribution in [0.5, 0.6) is 0 Å². The Kier molecular flexibility index (Phi) is 4.66. The van der Waals surface area contributed by atoms with Crippen LogP contribution in [0.3, 0.4) is 0 Å². The third kappa shape index (κ3) is 2.65. The third-order valence-electron chi connectivity index (χ3n) is 5.97. The number of pyridine rings is 1. The third-order valence-corrected chi connectivity index (χ3v) is 5.97. The Labute approximate surface area is 184 Å². The molecule has 0 unspecified atom stereocenters. The van der Waals surface area contributed by atoms with Crippen molar-refractivity contribution >= 4 is 44.8 Å². The quantitative estimate of drug-likeness (QED) is 0.201. The summed E-state index contributed by atoms with van der Waals surface area (Å²) in [4.78, 5) is 26.1. The molecule has 0 radical (unpaired) electrons. The Hall–Kier alpha value is -3.80. The van der Waals surface area contributed by atoms with E-state index in [1.165, 1.54) is 0 Å². The molecule has 2 heterocycles. The summed E-state index contributed by atoms with van der Waals surface area (Å²) in [6.07, 6.45) is 0. The Morgan fingerprint density at radius 1 is 0.875 bits per heavy atom. The van der Waals surface area contributed by atoms with Crippen molar-refractivity contribution < 1.29 is 23.5 Å². The van der Waals surface area contributed by atoms with Gasteiger partial charge in [-0.15, -0.1) is 0 Å². The van der Waals surface area contributed by atoms with Gasteiger partial charge in [0.25, 0.3) is 0 Å². The molecule has 3 aromatic rings. The number of rotatable bonds is 4. The predicted molar refractivity (Wildman–Crippen MR) is 123 cm³/mol. The highest BCUT2D eigenvalue weighted by atomic mass is 16.5. The lowest BCUT2D eigenvalue weighted by Gasteiger charge is -2.26. The van der Waals surface area contributed by atoms with Gasteiger partial charge in [-0.3, -0.25) is 0 Å². The Balaban J connectivity index is 2.11. The van der Waals surface area contributed by atoms with Crippen molar-refractivity contribution in [1.82, 2.24) is 4.57 Å². The van der Waals surface area contributed by atoms with Gasteiger partial charge in [0, 0.05) is 22.0 Å². The van der Waals surface area contributed by atoms with E-state index >= 15 is 0 Å². The van der Waals surface area contributed by atoms with E-state index in [0.29, 0.717) is 27.9 Å². The first kappa shape index (κ1) is 20.1. The molecule has 0 atom stereocenters. The van der Waals surface area contributed by atoms with Crippen LogP contribution in [0, 0.1) is 13.8 Å². The van der Waals surface area contributed by atoms with Crippen molar-refractivity contribution in [2.75, 3.05) is 13.2 Å². The molecule has 2 aliphatic heterocycles. The second-order valence-electron chi connectivity index (χ2n) is 7.71. The van der Waals surface area contributed by atoms with E-state index in [1.54, 1.807) is 13.8 Å². The van der Waals surface area contributed by atoms with E-state index in [1.807, 2.05) is 60.9 Å². The average molecular weight is 429 g/mol. The standard InChI is InChI=1S/C26H23NO5/c1-5-30-25(28)20-14(3)24-23-22-16(20)10-9-11-17(22)21(26(29)31-6-2)15(4)27(23)18-12-7-8-13-19(18)32-24/h7-13H,5-6H2,1-4H3. The molecule has 32 heavy (non-hydrogen) atoms. The van der Waals surface area contributed by atoms with Crippen LogP contribution in [0.15, 0.2) is 46.9 Å². The smallest absolute Gasteiger partial charge is 0.340 e. The van der Waals surface area contributed by atoms with Crippen LogP contribution >= 0.6 is 0 Å². The van der Waals surface area contributed by atoms with Gasteiger partial charge in [-0.25, -0.2) is 9.59 Å². The monoisotopic (exact) mass is 429 g/mol. The Bertz CT molecular complexity index is 1500. The minimum Gasteiger partial charge on any atom is -0.462 e. The minimum atomic E-state index is -0.414. The van der Waals surface area contributed by atoms with E-state index in [9.17, 15) is 9.59 Å². The molecule has 162 valence electrons. The van der Waals surface area contributed by atoms with Crippen LogP contribution < -0.4 is 0 Å². The number of fused-ring (bicyclic) bond motifs is 2. The first-order valence-corrected chi connectivity index (χ1v) is 10.7. The van der Waals surface area contributed by atoms with Crippen LogP contribution in [-0.4, -0.2) is 29.7 Å². The van der Waals surface area contributed by atoms with Crippen molar-refractivity contribution in [1.29, 1.82) is 0 Å². The number of aryl methyl sites for hydroxylation is 1. The van der Waals surface area contributed by atoms with Crippen molar-refractivity contribution in [3.05, 3.63) is 64.8 Å². The number of benzene rings is 3. The molecular formula is C26H23NO5. The van der Waals surface area contributed by atoms with Crippen LogP contribution in [0.2, 0.25) is 0 Å². The highest BCUT2D eigenvalue weighted by Gasteiger charge is 2.30. The summed E-state index contributed by atoms with van der Waals surface area (Å²) >= 11 is 0. The largest absolute Gasteiger partial charge is 0.462 e. The van der Waals surface area contributed by atoms with Crippen LogP contribution in [-0.2, 0) is 9.47 Å². The Morgan fingerprint density at radius 2 is 1.50 bits per heavy atom. The molecular weight excluding hydrogens is 406 g/mol. The fourth-order valence-corrected chi connectivity index (χ4v) is 4.71. The topological polar surface area (TPSA) is 70.7 Å². The molecule has 6 heteroatoms. The van der Waals surface area contributed by atoms with Crippen LogP contribution in [0.1, 0.15) is 45.8 Å². The van der Waals surface area contributed by atoms with Gasteiger partial charge < -0.3 is 18.5 Å². The summed E-state index contributed by atoms with van der Waals surface area (Å²) in [5.74, 6) is -0.810. The molecule has 5 rings (SSSR count). The zero-order chi connectivity index (χ0) is 22.6. The SMILES string of the molecule is CCOC(=O)c1c(C)c2oc3ccccc3n3c(C)c(C(=O)OCC)c4cccc1c4c2-3. The molecule has 0 spiro atoms. The number of hydrogen-bond acceptors (Lipinski definition) is 5. The molecule has 0 saturated carbocycles. The van der Waals surface area contributed by atoms with Crippen molar-refractivity contribution in [2.24, 2.45) is 0 Å². The molecule has 0 aliphatic carbocycles. The number of nitrogens with zero attached hydrogens (tertiary/aromatic N) is 1. The molecule has 0 saturated heterocycles. The van der Waals surface area contributed by atoms with E-state index in [2.05, 4.69) is 0 Å². The molecule has 3 aromatic carbocycles. The lowest BCUT2D eigenvalue weighted by atomic mass is 9.90. The summed E-state index contributed by atoms with van der Waals surface area (Å²) in [7, 11) is 0. The second-order valence-corrected chi connectivity index (χ2v) is 7.71. The first-order chi connectivity index (χ1) is 15.5. The van der Waals surface area contributed by atoms with Gasteiger partial charge in [0.2, 0.25) is 0 Å². The summed E-state index contributed by atoms with van der Waals surface area (Å²) in [5.41, 5.74) is 5.28. The number of carbonyl (C=O) groups is 2. The Morgan fingerprint density at radius 3 is 2.19 bits per heavy atom. The summed E-state index contributed by atoms with van der Waals surface area (Å²) < 4.78 is 19.2. The number of carbonyl (C=O) groups excluding carboxylic acids is 2. The van der Waals surface area contributed by atoms with Crippen molar-refractivity contribution in [3.63, 3.8) is 0 Å². The van der Waals surface area contributed by atoms with E-state index in [-0.39, 0.29) is 13.2 Å². The number of aromatic nitrogens is 1. The van der Waals surface area contributed by atoms with E-state index < -0.39 is 11.9 Å². The molecule has 2 aliphatic rings. The fraction of sp³-hybridized carbons (Fsp3) is 0.231. The highest BCUT2D eigenvalue weighted by Crippen LogP contribution is 2.44. The summed E-state index contributed by atoms with van der Waals surface area (Å²) in [5, 5.41) is 2.22. The van der Waals surface area contributed by atoms with Gasteiger partial charge in [0.15, 0.2) is 11.2 Å². The first-order valence-electron chi connectivity index (χ1n) is 10.7. The molecule has 0 N–H and O–H groups in total. The van der Waals surface area contributed by atoms with Crippen LogP contribution in [0.25, 0.3) is 38.5 Å². The van der Waals surface area contributed by atoms with Gasteiger partial charge in [-0.1, -0.05) is 30.3 Å². The van der Waals surface area contributed by atoms with Gasteiger partial charge in [0.05, 0.1) is 35.5 Å². The minimum absolute atomic E-state index is 0.263. The molecule has 0 amide bonds. The fourth-order valence-electron chi connectivity index (χ4n) is 4.71. The average Bonchev–Trinajstić information content (AvgIpc) is 2.78. The van der Waals surface area contributed by atoms with E-state index in [0.717, 1.165) is 33.1 Å². The van der Waals surface area contributed by atoms with Gasteiger partial charge >= 0.3 is 11.9 Å². The lowest BCUT2D eigenvalue weighted by molar-refractivity contribution is 0.0518. The normalized spacial score (nSPS) is 11.6. The lowest BCUT2D eigenvalue weighted by Crippen LogP contribution is -2.17. The summed E-state index contributed by atoms with van der Waals surface area (Å²) in [6, 6.07) is 13.3. The van der Waals surface area contributed by atoms with E-state index in [4.69, 9.17) is 13.9 Å². The maximum Gasteiger partial charge on any atom is 0.340 e. The van der Waals surface area contributed by atoms with Gasteiger partial charge in [-0.2, -0.15) is 0 Å². The number of hydrogen-bond donors (Lipinski definition) is 0. The summed E-state index contributed by atoms with van der Waals surface area (Å²) in [6.45, 7) is 7.88. The van der Waals surface area contributed by atoms with Gasteiger partial charge in [0.1, 0.15) is 0 Å². The molecule has 0 aromatic heterocycles. The number of ether oxygens (including phenoxy) is 2. The van der Waals surface area contributed by atoms with Crippen molar-refractivity contribution in [2.45, 2.75) is 27.7 Å². The van der Waals surface area contributed by atoms with Crippen molar-refractivity contribution in [3.8, 4) is 5.69 Å². The molecule has 0 fully saturated rings. The highest BCUT2D eigenvalue weighted by molar-refractivity contribution is 6.22. The molecule has 0 bridgehead atoms. The number of esters is 2. The maximum absolute atomic E-state index is 13.1. The predicted octanol–water partition coefficient (Wildman–Crippen LogP) is 5.94.